The van der Waals surface area contributed by atoms with E-state index in [1.165, 1.54) is 54.6 Å². The van der Waals surface area contributed by atoms with Crippen molar-refractivity contribution in [3.05, 3.63) is 235 Å². The average molecular weight is 781 g/mol. The topological polar surface area (TPSA) is 51.5 Å². The number of fused-ring (bicyclic) bond motifs is 7. The summed E-state index contributed by atoms with van der Waals surface area (Å²) in [4.78, 5) is 5.09. The number of hydrogen-bond acceptors (Lipinski definition) is 2. The molecule has 0 amide bonds. The molecule has 0 radical (unpaired) electrons. The number of hydrogen-bond donors (Lipinski definition) is 1. The summed E-state index contributed by atoms with van der Waals surface area (Å²) in [5.41, 5.74) is 19.6. The summed E-state index contributed by atoms with van der Waals surface area (Å²) in [5.74, 6) is 0.478. The van der Waals surface area contributed by atoms with Crippen LogP contribution in [0.1, 0.15) is 16.7 Å². The van der Waals surface area contributed by atoms with Crippen LogP contribution in [-0.2, 0) is 6.42 Å². The molecule has 0 saturated carbocycles. The second-order valence-corrected chi connectivity index (χ2v) is 15.6. The zero-order chi connectivity index (χ0) is 40.7. The molecule has 0 bridgehead atoms. The molecule has 3 nitrogen and oxygen atoms in total. The summed E-state index contributed by atoms with van der Waals surface area (Å²) in [6.07, 6.45) is 2.88. The molecule has 10 aromatic carbocycles. The SMILES string of the molecule is NC(=N/C(=C\Cc1ccc(-c2cccc3oc4ccccc4c23)cc1)c1ccc(-c2c3ccccc3c(-c3ccccc3)c3ccc4ccccc4c23)cc1)c1ccccc1. The Bertz CT molecular complexity index is 3470. The van der Waals surface area contributed by atoms with E-state index in [0.717, 1.165) is 55.5 Å². The monoisotopic (exact) mass is 780 g/mol. The lowest BCUT2D eigenvalue weighted by atomic mass is 9.84. The molecule has 11 rings (SSSR count). The van der Waals surface area contributed by atoms with Crippen LogP contribution in [0.3, 0.4) is 0 Å². The van der Waals surface area contributed by atoms with Gasteiger partial charge in [-0.1, -0.05) is 206 Å². The lowest BCUT2D eigenvalue weighted by molar-refractivity contribution is 0.669. The Kier molecular flexibility index (Phi) is 9.05. The van der Waals surface area contributed by atoms with Crippen LogP contribution in [0, 0.1) is 0 Å². The van der Waals surface area contributed by atoms with E-state index >= 15 is 0 Å². The number of amidine groups is 1. The fourth-order valence-electron chi connectivity index (χ4n) is 9.05. The third kappa shape index (κ3) is 6.54. The van der Waals surface area contributed by atoms with Gasteiger partial charge in [0.2, 0.25) is 0 Å². The van der Waals surface area contributed by atoms with E-state index in [0.29, 0.717) is 12.3 Å². The van der Waals surface area contributed by atoms with Crippen LogP contribution >= 0.6 is 0 Å². The minimum Gasteiger partial charge on any atom is -0.456 e. The largest absolute Gasteiger partial charge is 0.456 e. The van der Waals surface area contributed by atoms with Gasteiger partial charge in [0.05, 0.1) is 5.70 Å². The molecule has 0 aliphatic heterocycles. The number of benzene rings is 10. The van der Waals surface area contributed by atoms with Gasteiger partial charge in [0, 0.05) is 16.3 Å². The highest BCUT2D eigenvalue weighted by Gasteiger charge is 2.19. The molecule has 11 aromatic rings. The number of allylic oxidation sites excluding steroid dienone is 1. The molecule has 3 heteroatoms. The highest BCUT2D eigenvalue weighted by atomic mass is 16.3. The van der Waals surface area contributed by atoms with Gasteiger partial charge in [0.25, 0.3) is 0 Å². The number of rotatable bonds is 8. The number of nitrogens with zero attached hydrogens (tertiary/aromatic N) is 1. The molecule has 0 fully saturated rings. The molecule has 61 heavy (non-hydrogen) atoms. The Morgan fingerprint density at radius 3 is 1.80 bits per heavy atom. The molecule has 2 N–H and O–H groups in total. The Morgan fingerprint density at radius 2 is 1.03 bits per heavy atom. The maximum absolute atomic E-state index is 6.72. The van der Waals surface area contributed by atoms with Crippen molar-refractivity contribution < 1.29 is 4.42 Å². The molecule has 0 saturated heterocycles. The van der Waals surface area contributed by atoms with Gasteiger partial charge < -0.3 is 10.2 Å². The quantitative estimate of drug-likeness (QED) is 0.0722. The van der Waals surface area contributed by atoms with Crippen LogP contribution in [0.15, 0.2) is 228 Å². The molecule has 0 unspecified atom stereocenters. The van der Waals surface area contributed by atoms with Crippen molar-refractivity contribution in [2.45, 2.75) is 6.42 Å². The predicted molar refractivity (Wildman–Crippen MR) is 258 cm³/mol. The van der Waals surface area contributed by atoms with E-state index in [1.807, 2.05) is 48.5 Å². The zero-order valence-corrected chi connectivity index (χ0v) is 33.4. The van der Waals surface area contributed by atoms with Crippen molar-refractivity contribution in [3.63, 3.8) is 0 Å². The van der Waals surface area contributed by atoms with Crippen LogP contribution in [0.4, 0.5) is 0 Å². The summed E-state index contributed by atoms with van der Waals surface area (Å²) in [6, 6.07) is 75.1. The van der Waals surface area contributed by atoms with Crippen LogP contribution in [0.5, 0.6) is 0 Å². The predicted octanol–water partition coefficient (Wildman–Crippen LogP) is 15.0. The molecular weight excluding hydrogens is 741 g/mol. The first kappa shape index (κ1) is 36.1. The van der Waals surface area contributed by atoms with E-state index in [4.69, 9.17) is 15.1 Å². The molecule has 1 heterocycles. The molecule has 0 spiro atoms. The summed E-state index contributed by atoms with van der Waals surface area (Å²) in [7, 11) is 0. The van der Waals surface area contributed by atoms with Gasteiger partial charge in [-0.3, -0.25) is 0 Å². The minimum absolute atomic E-state index is 0.478. The first-order valence-corrected chi connectivity index (χ1v) is 20.8. The number of aliphatic imine (C=N–C) groups is 1. The van der Waals surface area contributed by atoms with Gasteiger partial charge in [-0.05, 0) is 95.4 Å². The zero-order valence-electron chi connectivity index (χ0n) is 33.4. The van der Waals surface area contributed by atoms with Crippen molar-refractivity contribution in [3.8, 4) is 33.4 Å². The second kappa shape index (κ2) is 15.3. The normalized spacial score (nSPS) is 12.3. The fraction of sp³-hybridized carbons (Fsp3) is 0.0172. The van der Waals surface area contributed by atoms with Crippen molar-refractivity contribution in [2.75, 3.05) is 0 Å². The van der Waals surface area contributed by atoms with Crippen molar-refractivity contribution in [2.24, 2.45) is 10.7 Å². The van der Waals surface area contributed by atoms with Gasteiger partial charge in [0.15, 0.2) is 0 Å². The van der Waals surface area contributed by atoms with Gasteiger partial charge in [0.1, 0.15) is 17.0 Å². The van der Waals surface area contributed by atoms with Crippen molar-refractivity contribution >= 4 is 65.8 Å². The third-order valence-corrected chi connectivity index (χ3v) is 12.0. The van der Waals surface area contributed by atoms with Crippen molar-refractivity contribution in [1.82, 2.24) is 0 Å². The van der Waals surface area contributed by atoms with Crippen LogP contribution in [-0.4, -0.2) is 5.84 Å². The van der Waals surface area contributed by atoms with E-state index in [1.54, 1.807) is 0 Å². The Labute approximate surface area is 354 Å². The molecule has 288 valence electrons. The lowest BCUT2D eigenvalue weighted by Gasteiger charge is -2.19. The highest BCUT2D eigenvalue weighted by Crippen LogP contribution is 2.46. The standard InChI is InChI=1S/C58H40N2O/c59-58(44-17-5-2-6-18-44)60-51(37-28-38-26-29-40(30-27-38)45-23-13-25-53-56(45)49-22-11-12-24-52(49)61-53)41-31-33-43(34-32-41)55-48-21-10-9-20-47(48)54(42-15-3-1-4-16-42)50-36-35-39-14-7-8-19-46(39)57(50)55/h1-27,29-37H,28H2,(H2,59,60)/b51-37-. The van der Waals surface area contributed by atoms with E-state index in [9.17, 15) is 0 Å². The summed E-state index contributed by atoms with van der Waals surface area (Å²) >= 11 is 0. The summed E-state index contributed by atoms with van der Waals surface area (Å²) < 4.78 is 6.19. The average Bonchev–Trinajstić information content (AvgIpc) is 3.72. The van der Waals surface area contributed by atoms with Gasteiger partial charge in [-0.2, -0.15) is 0 Å². The maximum Gasteiger partial charge on any atom is 0.136 e. The molecule has 0 aliphatic carbocycles. The first-order chi connectivity index (χ1) is 30.2. The van der Waals surface area contributed by atoms with E-state index in [-0.39, 0.29) is 0 Å². The van der Waals surface area contributed by atoms with E-state index in [2.05, 4.69) is 170 Å². The fourth-order valence-corrected chi connectivity index (χ4v) is 9.05. The summed E-state index contributed by atoms with van der Waals surface area (Å²) in [5, 5.41) is 9.68. The molecule has 1 aromatic heterocycles. The summed E-state index contributed by atoms with van der Waals surface area (Å²) in [6.45, 7) is 0. The third-order valence-electron chi connectivity index (χ3n) is 12.0. The number of nitrogens with two attached hydrogens (primary N) is 1. The van der Waals surface area contributed by atoms with Crippen LogP contribution in [0.25, 0.3) is 93.3 Å². The van der Waals surface area contributed by atoms with Gasteiger partial charge >= 0.3 is 0 Å². The molecule has 0 atom stereocenters. The Morgan fingerprint density at radius 1 is 0.426 bits per heavy atom. The van der Waals surface area contributed by atoms with Crippen LogP contribution < -0.4 is 5.73 Å². The second-order valence-electron chi connectivity index (χ2n) is 15.6. The first-order valence-electron chi connectivity index (χ1n) is 20.8. The van der Waals surface area contributed by atoms with Crippen LogP contribution in [0.2, 0.25) is 0 Å². The highest BCUT2D eigenvalue weighted by molar-refractivity contribution is 6.28. The smallest absolute Gasteiger partial charge is 0.136 e. The van der Waals surface area contributed by atoms with Crippen molar-refractivity contribution in [1.29, 1.82) is 0 Å². The minimum atomic E-state index is 0.478. The number of furan rings is 1. The van der Waals surface area contributed by atoms with Gasteiger partial charge in [-0.15, -0.1) is 0 Å². The lowest BCUT2D eigenvalue weighted by Crippen LogP contribution is -2.13. The molecule has 0 aliphatic rings. The number of para-hydroxylation sites is 1. The van der Waals surface area contributed by atoms with Gasteiger partial charge in [-0.25, -0.2) is 4.99 Å². The Balaban J connectivity index is 1.01. The molecular formula is C58H40N2O. The Hall–Kier alpha value is -8.01. The van der Waals surface area contributed by atoms with E-state index < -0.39 is 0 Å². The maximum atomic E-state index is 6.72.